The van der Waals surface area contributed by atoms with Crippen molar-refractivity contribution < 1.29 is 29.3 Å². The lowest BCUT2D eigenvalue weighted by Crippen LogP contribution is -2.37. The number of anilines is 2. The van der Waals surface area contributed by atoms with Crippen LogP contribution in [0.25, 0.3) is 0 Å². The number of aliphatic carboxylic acids is 2. The molecule has 4 N–H and O–H groups in total. The molecule has 0 saturated carbocycles. The summed E-state index contributed by atoms with van der Waals surface area (Å²) in [6.07, 6.45) is 0. The average molecular weight is 493 g/mol. The van der Waals surface area contributed by atoms with Gasteiger partial charge < -0.3 is 30.3 Å². The van der Waals surface area contributed by atoms with Gasteiger partial charge in [-0.3, -0.25) is 0 Å². The Hall–Kier alpha value is -4.20. The lowest BCUT2D eigenvalue weighted by Gasteiger charge is -2.21. The summed E-state index contributed by atoms with van der Waals surface area (Å²) in [7, 11) is 0. The van der Waals surface area contributed by atoms with Gasteiger partial charge >= 0.3 is 11.9 Å². The van der Waals surface area contributed by atoms with Gasteiger partial charge in [0.2, 0.25) is 0 Å². The molecule has 0 bridgehead atoms. The highest BCUT2D eigenvalue weighted by Gasteiger charge is 2.30. The van der Waals surface area contributed by atoms with Crippen molar-refractivity contribution in [1.29, 1.82) is 0 Å². The van der Waals surface area contributed by atoms with Crippen molar-refractivity contribution in [2.24, 2.45) is 0 Å². The van der Waals surface area contributed by atoms with Crippen LogP contribution in [0.15, 0.2) is 72.8 Å². The Morgan fingerprint density at radius 2 is 0.917 bits per heavy atom. The number of carbonyl (C=O) groups is 2. The van der Waals surface area contributed by atoms with E-state index in [-0.39, 0.29) is 0 Å². The summed E-state index contributed by atoms with van der Waals surface area (Å²) < 4.78 is 11.0. The Morgan fingerprint density at radius 1 is 0.611 bits per heavy atom. The molecular weight excluding hydrogens is 460 g/mol. The standard InChI is InChI=1S/C28H32N2O6/c1-27(2,25(31)32)35-23-13-9-21(10-14-23)29-17-19-5-7-20(8-6-19)18-30-22-11-15-24(16-12-22)36-28(3,4)26(33)34/h5-16,29-30H,17-18H2,1-4H3,(H,31,32)(H,33,34). The van der Waals surface area contributed by atoms with Gasteiger partial charge in [0.05, 0.1) is 0 Å². The Morgan fingerprint density at radius 3 is 1.19 bits per heavy atom. The van der Waals surface area contributed by atoms with Crippen LogP contribution >= 0.6 is 0 Å². The lowest BCUT2D eigenvalue weighted by atomic mass is 10.1. The number of nitrogens with one attached hydrogen (secondary N) is 2. The molecule has 3 rings (SSSR count). The van der Waals surface area contributed by atoms with Crippen molar-refractivity contribution in [1.82, 2.24) is 0 Å². The Bertz CT molecular complexity index is 1080. The third-order valence-corrected chi connectivity index (χ3v) is 5.50. The third-order valence-electron chi connectivity index (χ3n) is 5.50. The van der Waals surface area contributed by atoms with Crippen LogP contribution in [0.2, 0.25) is 0 Å². The molecule has 0 aliphatic rings. The van der Waals surface area contributed by atoms with Gasteiger partial charge in [0.15, 0.2) is 11.2 Å². The topological polar surface area (TPSA) is 117 Å². The van der Waals surface area contributed by atoms with Gasteiger partial charge in [-0.15, -0.1) is 0 Å². The molecule has 0 aliphatic heterocycles. The zero-order valence-corrected chi connectivity index (χ0v) is 20.9. The number of hydrogen-bond acceptors (Lipinski definition) is 6. The first-order valence-electron chi connectivity index (χ1n) is 11.6. The second-order valence-corrected chi connectivity index (χ2v) is 9.41. The van der Waals surface area contributed by atoms with E-state index in [1.807, 2.05) is 24.3 Å². The highest BCUT2D eigenvalue weighted by Crippen LogP contribution is 2.23. The predicted molar refractivity (Wildman–Crippen MR) is 139 cm³/mol. The zero-order valence-electron chi connectivity index (χ0n) is 20.9. The molecule has 36 heavy (non-hydrogen) atoms. The summed E-state index contributed by atoms with van der Waals surface area (Å²) in [5, 5.41) is 25.0. The van der Waals surface area contributed by atoms with Crippen molar-refractivity contribution in [3.05, 3.63) is 83.9 Å². The maximum atomic E-state index is 11.2. The van der Waals surface area contributed by atoms with Gasteiger partial charge in [0.25, 0.3) is 0 Å². The van der Waals surface area contributed by atoms with Crippen molar-refractivity contribution >= 4 is 23.3 Å². The molecule has 8 heteroatoms. The molecule has 3 aromatic carbocycles. The van der Waals surface area contributed by atoms with E-state index in [0.29, 0.717) is 24.6 Å². The fourth-order valence-electron chi connectivity index (χ4n) is 3.14. The van der Waals surface area contributed by atoms with Crippen molar-refractivity contribution in [3.8, 4) is 11.5 Å². The fraction of sp³-hybridized carbons (Fsp3) is 0.286. The fourth-order valence-corrected chi connectivity index (χ4v) is 3.14. The van der Waals surface area contributed by atoms with E-state index in [0.717, 1.165) is 22.5 Å². The summed E-state index contributed by atoms with van der Waals surface area (Å²) in [6, 6.07) is 22.6. The molecule has 0 unspecified atom stereocenters. The number of carboxylic acid groups (broad SMARTS) is 2. The minimum Gasteiger partial charge on any atom is -0.478 e. The quantitative estimate of drug-likeness (QED) is 0.266. The molecule has 0 aliphatic carbocycles. The van der Waals surface area contributed by atoms with Crippen molar-refractivity contribution in [2.45, 2.75) is 52.0 Å². The van der Waals surface area contributed by atoms with Crippen LogP contribution in [0.5, 0.6) is 11.5 Å². The minimum atomic E-state index is -1.29. The molecule has 0 aromatic heterocycles. The maximum absolute atomic E-state index is 11.2. The molecule has 0 amide bonds. The summed E-state index contributed by atoms with van der Waals surface area (Å²) in [5.74, 6) is -1.05. The molecule has 3 aromatic rings. The van der Waals surface area contributed by atoms with Gasteiger partial charge in [-0.1, -0.05) is 24.3 Å². The molecule has 0 heterocycles. The van der Waals surface area contributed by atoms with E-state index < -0.39 is 23.1 Å². The van der Waals surface area contributed by atoms with Crippen LogP contribution in [-0.4, -0.2) is 33.4 Å². The van der Waals surface area contributed by atoms with Gasteiger partial charge in [0.1, 0.15) is 11.5 Å². The highest BCUT2D eigenvalue weighted by atomic mass is 16.5. The van der Waals surface area contributed by atoms with Crippen LogP contribution < -0.4 is 20.1 Å². The van der Waals surface area contributed by atoms with Crippen molar-refractivity contribution in [2.75, 3.05) is 10.6 Å². The van der Waals surface area contributed by atoms with E-state index in [4.69, 9.17) is 9.47 Å². The van der Waals surface area contributed by atoms with Crippen LogP contribution in [-0.2, 0) is 22.7 Å². The largest absolute Gasteiger partial charge is 0.478 e. The first kappa shape index (κ1) is 26.4. The maximum Gasteiger partial charge on any atom is 0.347 e. The van der Waals surface area contributed by atoms with Gasteiger partial charge in [-0.05, 0) is 87.4 Å². The monoisotopic (exact) mass is 492 g/mol. The molecule has 0 fully saturated rings. The number of hydrogen-bond donors (Lipinski definition) is 4. The Balaban J connectivity index is 1.46. The zero-order chi connectivity index (χ0) is 26.3. The first-order chi connectivity index (χ1) is 16.9. The SMILES string of the molecule is CC(C)(Oc1ccc(NCc2ccc(CNc3ccc(OC(C)(C)C(=O)O)cc3)cc2)cc1)C(=O)O. The third kappa shape index (κ3) is 7.40. The Labute approximate surface area is 210 Å². The van der Waals surface area contributed by atoms with Gasteiger partial charge in [-0.2, -0.15) is 0 Å². The van der Waals surface area contributed by atoms with Crippen LogP contribution in [0.4, 0.5) is 11.4 Å². The molecule has 190 valence electrons. The minimum absolute atomic E-state index is 0.496. The van der Waals surface area contributed by atoms with Crippen molar-refractivity contribution in [3.63, 3.8) is 0 Å². The van der Waals surface area contributed by atoms with Gasteiger partial charge in [0, 0.05) is 24.5 Å². The summed E-state index contributed by atoms with van der Waals surface area (Å²) in [5.41, 5.74) is 1.47. The first-order valence-corrected chi connectivity index (χ1v) is 11.6. The Kier molecular flexibility index (Phi) is 8.09. The van der Waals surface area contributed by atoms with E-state index in [1.54, 1.807) is 24.3 Å². The number of benzene rings is 3. The second kappa shape index (κ2) is 11.0. The molecule has 8 nitrogen and oxygen atoms in total. The highest BCUT2D eigenvalue weighted by molar-refractivity contribution is 5.77. The van der Waals surface area contributed by atoms with Crippen LogP contribution in [0, 0.1) is 0 Å². The van der Waals surface area contributed by atoms with Gasteiger partial charge in [-0.25, -0.2) is 9.59 Å². The molecular formula is C28H32N2O6. The number of rotatable bonds is 12. The van der Waals surface area contributed by atoms with E-state index in [9.17, 15) is 19.8 Å². The second-order valence-electron chi connectivity index (χ2n) is 9.41. The predicted octanol–water partition coefficient (Wildman–Crippen LogP) is 5.39. The van der Waals surface area contributed by atoms with E-state index in [2.05, 4.69) is 34.9 Å². The molecule has 0 spiro atoms. The summed E-state index contributed by atoms with van der Waals surface area (Å²) in [4.78, 5) is 22.4. The summed E-state index contributed by atoms with van der Waals surface area (Å²) >= 11 is 0. The normalized spacial score (nSPS) is 11.4. The molecule has 0 radical (unpaired) electrons. The molecule has 0 saturated heterocycles. The van der Waals surface area contributed by atoms with E-state index >= 15 is 0 Å². The molecule has 0 atom stereocenters. The van der Waals surface area contributed by atoms with Crippen LogP contribution in [0.1, 0.15) is 38.8 Å². The number of ether oxygens (including phenoxy) is 2. The van der Waals surface area contributed by atoms with E-state index in [1.165, 1.54) is 27.7 Å². The number of carboxylic acids is 2. The summed E-state index contributed by atoms with van der Waals surface area (Å²) in [6.45, 7) is 7.33. The smallest absolute Gasteiger partial charge is 0.347 e. The average Bonchev–Trinajstić information content (AvgIpc) is 2.83. The van der Waals surface area contributed by atoms with Crippen LogP contribution in [0.3, 0.4) is 0 Å². The lowest BCUT2D eigenvalue weighted by molar-refractivity contribution is -0.152.